The van der Waals surface area contributed by atoms with Crippen molar-refractivity contribution in [2.75, 3.05) is 7.11 Å². The molecule has 1 atom stereocenters. The van der Waals surface area contributed by atoms with Crippen LogP contribution < -0.4 is 5.30 Å². The molecule has 1 unspecified atom stereocenters. The molecule has 1 N–H and O–H groups in total. The summed E-state index contributed by atoms with van der Waals surface area (Å²) in [5.74, 6) is 0. The fourth-order valence-corrected chi connectivity index (χ4v) is 2.02. The van der Waals surface area contributed by atoms with Crippen molar-refractivity contribution < 1.29 is 13.7 Å². The standard InChI is InChI=1S/C7H9N2O3P/c1-12-13(11,9(8)10)7-5-3-2-4-6-7/h2-6,8H,1H3. The van der Waals surface area contributed by atoms with Crippen LogP contribution in [0.3, 0.4) is 0 Å². The Morgan fingerprint density at radius 2 is 2.00 bits per heavy atom. The Morgan fingerprint density at radius 3 is 2.38 bits per heavy atom. The molecular formula is C7H9N2O3P. The van der Waals surface area contributed by atoms with Gasteiger partial charge in [-0.2, -0.15) is 0 Å². The van der Waals surface area contributed by atoms with E-state index in [0.717, 1.165) is 7.11 Å². The topological polar surface area (TPSA) is 76.2 Å². The first-order chi connectivity index (χ1) is 6.11. The van der Waals surface area contributed by atoms with Crippen molar-refractivity contribution in [3.05, 3.63) is 35.5 Å². The fraction of sp³-hybridized carbons (Fsp3) is 0.143. The molecule has 0 bridgehead atoms. The summed E-state index contributed by atoms with van der Waals surface area (Å²) >= 11 is 0. The van der Waals surface area contributed by atoms with Gasteiger partial charge in [-0.1, -0.05) is 18.2 Å². The largest absolute Gasteiger partial charge is 0.595 e. The Morgan fingerprint density at radius 1 is 1.46 bits per heavy atom. The van der Waals surface area contributed by atoms with E-state index < -0.39 is 7.52 Å². The van der Waals surface area contributed by atoms with Gasteiger partial charge in [-0.25, -0.2) is 4.57 Å². The smallest absolute Gasteiger partial charge is 0.519 e. The van der Waals surface area contributed by atoms with E-state index >= 15 is 0 Å². The van der Waals surface area contributed by atoms with Crippen LogP contribution in [0.2, 0.25) is 0 Å². The molecule has 0 saturated carbocycles. The lowest BCUT2D eigenvalue weighted by Crippen LogP contribution is -2.12. The average Bonchev–Trinajstić information content (AvgIpc) is 2.17. The van der Waals surface area contributed by atoms with Crippen molar-refractivity contribution in [1.82, 2.24) is 0 Å². The summed E-state index contributed by atoms with van der Waals surface area (Å²) in [6.07, 6.45) is 0. The molecule has 13 heavy (non-hydrogen) atoms. The molecular weight excluding hydrogens is 191 g/mol. The van der Waals surface area contributed by atoms with E-state index in [0.29, 0.717) is 0 Å². The van der Waals surface area contributed by atoms with Crippen LogP contribution >= 0.6 is 7.52 Å². The third-order valence-corrected chi connectivity index (χ3v) is 3.49. The highest BCUT2D eigenvalue weighted by Gasteiger charge is 2.35. The maximum absolute atomic E-state index is 11.7. The Bertz CT molecular complexity index is 352. The molecule has 70 valence electrons. The van der Waals surface area contributed by atoms with Crippen molar-refractivity contribution in [2.45, 2.75) is 0 Å². The molecule has 1 aromatic carbocycles. The van der Waals surface area contributed by atoms with Crippen molar-refractivity contribution in [3.8, 4) is 0 Å². The summed E-state index contributed by atoms with van der Waals surface area (Å²) in [5, 5.41) is 10.9. The minimum Gasteiger partial charge on any atom is -0.595 e. The Balaban J connectivity index is 3.19. The number of hydrogen-bond donors (Lipinski definition) is 1. The molecule has 0 aliphatic rings. The molecule has 0 aromatic heterocycles. The molecule has 0 spiro atoms. The summed E-state index contributed by atoms with van der Waals surface area (Å²) in [6, 6.07) is 7.96. The molecule has 6 heteroatoms. The van der Waals surface area contributed by atoms with Crippen LogP contribution in [-0.4, -0.2) is 11.7 Å². The van der Waals surface area contributed by atoms with Gasteiger partial charge in [0, 0.05) is 7.11 Å². The van der Waals surface area contributed by atoms with Gasteiger partial charge in [-0.05, 0) is 22.3 Å². The second kappa shape index (κ2) is 3.68. The van der Waals surface area contributed by atoms with E-state index in [1.54, 1.807) is 18.2 Å². The lowest BCUT2D eigenvalue weighted by atomic mass is 10.4. The number of nitrogens with zero attached hydrogens (tertiary/aromatic N) is 1. The number of hydrogen-bond acceptors (Lipinski definition) is 4. The summed E-state index contributed by atoms with van der Waals surface area (Å²) in [7, 11) is -2.53. The second-order valence-corrected chi connectivity index (χ2v) is 4.60. The van der Waals surface area contributed by atoms with Crippen LogP contribution in [0, 0.1) is 10.7 Å². The average molecular weight is 200 g/mol. The molecule has 0 aliphatic carbocycles. The van der Waals surface area contributed by atoms with Gasteiger partial charge in [0.1, 0.15) is 5.30 Å². The van der Waals surface area contributed by atoms with Gasteiger partial charge in [-0.3, -0.25) is 4.52 Å². The minimum atomic E-state index is -3.68. The van der Waals surface area contributed by atoms with Crippen LogP contribution in [0.25, 0.3) is 0 Å². The predicted molar refractivity (Wildman–Crippen MR) is 47.0 cm³/mol. The first kappa shape index (κ1) is 9.89. The van der Waals surface area contributed by atoms with E-state index in [2.05, 4.69) is 4.52 Å². The van der Waals surface area contributed by atoms with Crippen LogP contribution in [0.4, 0.5) is 0 Å². The van der Waals surface area contributed by atoms with Crippen molar-refractivity contribution in [1.29, 1.82) is 5.53 Å². The minimum absolute atomic E-state index is 0.225. The molecule has 5 nitrogen and oxygen atoms in total. The van der Waals surface area contributed by atoms with E-state index in [1.165, 1.54) is 12.1 Å². The summed E-state index contributed by atoms with van der Waals surface area (Å²) in [6.45, 7) is 0. The van der Waals surface area contributed by atoms with Crippen LogP contribution in [0.1, 0.15) is 0 Å². The fourth-order valence-electron chi connectivity index (χ4n) is 0.901. The molecule has 1 aromatic rings. The Labute approximate surface area is 75.5 Å². The molecule has 1 rings (SSSR count). The summed E-state index contributed by atoms with van der Waals surface area (Å²) < 4.78 is 15.9. The van der Waals surface area contributed by atoms with Crippen LogP contribution in [0.15, 0.2) is 30.3 Å². The van der Waals surface area contributed by atoms with Crippen molar-refractivity contribution >= 4 is 12.8 Å². The third-order valence-electron chi connectivity index (χ3n) is 1.57. The summed E-state index contributed by atoms with van der Waals surface area (Å²) in [4.78, 5) is 0. The SMILES string of the molecule is COP(=O)(c1ccccc1)[N+](=N)[O-]. The van der Waals surface area contributed by atoms with Gasteiger partial charge in [-0.15, -0.1) is 0 Å². The first-order valence-electron chi connectivity index (χ1n) is 3.51. The van der Waals surface area contributed by atoms with E-state index in [-0.39, 0.29) is 9.94 Å². The number of nitrogens with one attached hydrogen (secondary N) is 1. The quantitative estimate of drug-likeness (QED) is 0.458. The zero-order valence-corrected chi connectivity index (χ0v) is 7.90. The Kier molecular flexibility index (Phi) is 2.80. The molecule has 0 saturated heterocycles. The van der Waals surface area contributed by atoms with Gasteiger partial charge >= 0.3 is 7.52 Å². The maximum Gasteiger partial charge on any atom is 0.519 e. The zero-order valence-electron chi connectivity index (χ0n) is 7.01. The first-order valence-corrected chi connectivity index (χ1v) is 5.09. The molecule has 0 amide bonds. The number of benzene rings is 1. The van der Waals surface area contributed by atoms with Gasteiger partial charge in [0.15, 0.2) is 0 Å². The van der Waals surface area contributed by atoms with Crippen LogP contribution in [0.5, 0.6) is 0 Å². The number of rotatable bonds is 3. The molecule has 0 aliphatic heterocycles. The van der Waals surface area contributed by atoms with Gasteiger partial charge < -0.3 is 5.21 Å². The van der Waals surface area contributed by atoms with Crippen LogP contribution in [-0.2, 0) is 9.09 Å². The highest BCUT2D eigenvalue weighted by molar-refractivity contribution is 7.60. The lowest BCUT2D eigenvalue weighted by Gasteiger charge is -2.09. The highest BCUT2D eigenvalue weighted by atomic mass is 31.2. The lowest BCUT2D eigenvalue weighted by molar-refractivity contribution is -0.408. The van der Waals surface area contributed by atoms with E-state index in [4.69, 9.17) is 5.53 Å². The van der Waals surface area contributed by atoms with E-state index in [1.807, 2.05) is 0 Å². The Hall–Kier alpha value is -1.19. The molecule has 0 radical (unpaired) electrons. The predicted octanol–water partition coefficient (Wildman–Crippen LogP) is 1.69. The second-order valence-electron chi connectivity index (χ2n) is 2.31. The van der Waals surface area contributed by atoms with Crippen molar-refractivity contribution in [3.63, 3.8) is 0 Å². The van der Waals surface area contributed by atoms with E-state index in [9.17, 15) is 9.77 Å². The van der Waals surface area contributed by atoms with Crippen molar-refractivity contribution in [2.24, 2.45) is 0 Å². The molecule has 0 heterocycles. The zero-order chi connectivity index (χ0) is 9.90. The van der Waals surface area contributed by atoms with Gasteiger partial charge in [0.2, 0.25) is 0 Å². The maximum atomic E-state index is 11.7. The third kappa shape index (κ3) is 1.76. The normalized spacial score (nSPS) is 14.8. The van der Waals surface area contributed by atoms with Gasteiger partial charge in [0.05, 0.1) is 0 Å². The summed E-state index contributed by atoms with van der Waals surface area (Å²) in [5.41, 5.74) is 6.76. The highest BCUT2D eigenvalue weighted by Crippen LogP contribution is 2.44. The molecule has 0 fully saturated rings. The van der Waals surface area contributed by atoms with Gasteiger partial charge in [0.25, 0.3) is 0 Å². The monoisotopic (exact) mass is 200 g/mol.